The zero-order valence-corrected chi connectivity index (χ0v) is 6.42. The zero-order valence-electron chi connectivity index (χ0n) is 6.42. The number of nitrogens with two attached hydrogens (primary N) is 1. The Morgan fingerprint density at radius 1 is 1.82 bits per heavy atom. The standard InChI is InChI=1S/C7H11N3O/c1-5-6(4-9-10-5)7(11)2-3-8/h4H,2-3,8H2,1H3,(H,9,10). The summed E-state index contributed by atoms with van der Waals surface area (Å²) >= 11 is 0. The van der Waals surface area contributed by atoms with Crippen LogP contribution in [0.3, 0.4) is 0 Å². The van der Waals surface area contributed by atoms with Crippen LogP contribution in [-0.4, -0.2) is 22.5 Å². The Hall–Kier alpha value is -1.16. The van der Waals surface area contributed by atoms with Crippen molar-refractivity contribution in [3.63, 3.8) is 0 Å². The summed E-state index contributed by atoms with van der Waals surface area (Å²) in [5.41, 5.74) is 6.69. The normalized spacial score (nSPS) is 10.0. The van der Waals surface area contributed by atoms with Gasteiger partial charge in [-0.05, 0) is 13.5 Å². The fourth-order valence-corrected chi connectivity index (χ4v) is 0.898. The molecule has 1 aromatic heterocycles. The van der Waals surface area contributed by atoms with E-state index in [1.807, 2.05) is 6.92 Å². The Morgan fingerprint density at radius 2 is 2.55 bits per heavy atom. The number of aromatic nitrogens is 2. The van der Waals surface area contributed by atoms with Gasteiger partial charge in [0.1, 0.15) is 0 Å². The lowest BCUT2D eigenvalue weighted by Gasteiger charge is -1.94. The van der Waals surface area contributed by atoms with Crippen LogP contribution in [0.4, 0.5) is 0 Å². The molecule has 0 spiro atoms. The molecule has 4 nitrogen and oxygen atoms in total. The van der Waals surface area contributed by atoms with Gasteiger partial charge in [0, 0.05) is 12.1 Å². The number of carbonyl (C=O) groups is 1. The smallest absolute Gasteiger partial charge is 0.167 e. The molecule has 0 amide bonds. The quantitative estimate of drug-likeness (QED) is 0.611. The number of nitrogens with zero attached hydrogens (tertiary/aromatic N) is 1. The number of Topliss-reactive ketones (excluding diaryl/α,β-unsaturated/α-hetero) is 1. The summed E-state index contributed by atoms with van der Waals surface area (Å²) in [4.78, 5) is 11.2. The number of aryl methyl sites for hydroxylation is 1. The van der Waals surface area contributed by atoms with E-state index in [1.54, 1.807) is 0 Å². The van der Waals surface area contributed by atoms with Gasteiger partial charge in [0.15, 0.2) is 5.78 Å². The van der Waals surface area contributed by atoms with E-state index in [4.69, 9.17) is 5.73 Å². The SMILES string of the molecule is Cc1[nH]ncc1C(=O)CCN. The van der Waals surface area contributed by atoms with Crippen molar-refractivity contribution in [3.8, 4) is 0 Å². The molecule has 0 aromatic carbocycles. The molecule has 1 heterocycles. The molecule has 1 aromatic rings. The molecule has 1 rings (SSSR count). The van der Waals surface area contributed by atoms with E-state index in [0.29, 0.717) is 18.5 Å². The average molecular weight is 153 g/mol. The van der Waals surface area contributed by atoms with Crippen LogP contribution in [0.1, 0.15) is 22.5 Å². The number of H-pyrrole nitrogens is 1. The highest BCUT2D eigenvalue weighted by Gasteiger charge is 2.08. The topological polar surface area (TPSA) is 71.8 Å². The third-order valence-electron chi connectivity index (χ3n) is 1.50. The Kier molecular flexibility index (Phi) is 2.38. The molecule has 0 bridgehead atoms. The predicted molar refractivity (Wildman–Crippen MR) is 41.3 cm³/mol. The van der Waals surface area contributed by atoms with Crippen molar-refractivity contribution in [2.24, 2.45) is 5.73 Å². The van der Waals surface area contributed by atoms with Gasteiger partial charge < -0.3 is 5.73 Å². The second kappa shape index (κ2) is 3.30. The second-order valence-electron chi connectivity index (χ2n) is 2.37. The monoisotopic (exact) mass is 153 g/mol. The molecule has 0 aliphatic carbocycles. The fourth-order valence-electron chi connectivity index (χ4n) is 0.898. The molecule has 0 unspecified atom stereocenters. The van der Waals surface area contributed by atoms with Crippen LogP contribution in [0.15, 0.2) is 6.20 Å². The first-order valence-corrected chi connectivity index (χ1v) is 3.49. The minimum Gasteiger partial charge on any atom is -0.330 e. The van der Waals surface area contributed by atoms with Gasteiger partial charge in [-0.15, -0.1) is 0 Å². The first-order valence-electron chi connectivity index (χ1n) is 3.49. The van der Waals surface area contributed by atoms with Crippen LogP contribution in [0.5, 0.6) is 0 Å². The molecule has 11 heavy (non-hydrogen) atoms. The van der Waals surface area contributed by atoms with E-state index < -0.39 is 0 Å². The first-order chi connectivity index (χ1) is 5.25. The molecule has 0 radical (unpaired) electrons. The number of rotatable bonds is 3. The van der Waals surface area contributed by atoms with E-state index in [0.717, 1.165) is 5.69 Å². The van der Waals surface area contributed by atoms with Crippen LogP contribution in [0, 0.1) is 6.92 Å². The summed E-state index contributed by atoms with van der Waals surface area (Å²) in [6.07, 6.45) is 1.92. The highest BCUT2D eigenvalue weighted by molar-refractivity contribution is 5.96. The van der Waals surface area contributed by atoms with Gasteiger partial charge in [-0.2, -0.15) is 5.10 Å². The minimum absolute atomic E-state index is 0.0544. The first kappa shape index (κ1) is 7.94. The Balaban J connectivity index is 2.76. The summed E-state index contributed by atoms with van der Waals surface area (Å²) in [5, 5.41) is 6.43. The van der Waals surface area contributed by atoms with Crippen molar-refractivity contribution in [1.82, 2.24) is 10.2 Å². The Bertz CT molecular complexity index is 254. The maximum Gasteiger partial charge on any atom is 0.167 e. The van der Waals surface area contributed by atoms with Crippen molar-refractivity contribution in [2.75, 3.05) is 6.54 Å². The molecule has 4 heteroatoms. The summed E-state index contributed by atoms with van der Waals surface area (Å²) in [7, 11) is 0. The van der Waals surface area contributed by atoms with Crippen LogP contribution < -0.4 is 5.73 Å². The fraction of sp³-hybridized carbons (Fsp3) is 0.429. The lowest BCUT2D eigenvalue weighted by Crippen LogP contribution is -2.08. The van der Waals surface area contributed by atoms with E-state index in [2.05, 4.69) is 10.2 Å². The Labute approximate surface area is 64.8 Å². The lowest BCUT2D eigenvalue weighted by molar-refractivity contribution is 0.0985. The molecule has 0 aliphatic heterocycles. The molecular formula is C7H11N3O. The average Bonchev–Trinajstić information content (AvgIpc) is 2.36. The molecule has 0 aliphatic rings. The van der Waals surface area contributed by atoms with Crippen molar-refractivity contribution in [3.05, 3.63) is 17.5 Å². The predicted octanol–water partition coefficient (Wildman–Crippen LogP) is 0.250. The van der Waals surface area contributed by atoms with Gasteiger partial charge in [0.25, 0.3) is 0 Å². The third kappa shape index (κ3) is 1.65. The third-order valence-corrected chi connectivity index (χ3v) is 1.50. The number of hydrogen-bond donors (Lipinski definition) is 2. The molecule has 60 valence electrons. The number of carbonyl (C=O) groups excluding carboxylic acids is 1. The number of aromatic amines is 1. The highest BCUT2D eigenvalue weighted by Crippen LogP contribution is 2.04. The number of hydrogen-bond acceptors (Lipinski definition) is 3. The molecule has 0 atom stereocenters. The van der Waals surface area contributed by atoms with Gasteiger partial charge in [0.2, 0.25) is 0 Å². The maximum absolute atomic E-state index is 11.2. The summed E-state index contributed by atoms with van der Waals surface area (Å²) < 4.78 is 0. The van der Waals surface area contributed by atoms with Crippen LogP contribution >= 0.6 is 0 Å². The van der Waals surface area contributed by atoms with Gasteiger partial charge in [-0.25, -0.2) is 0 Å². The molecular weight excluding hydrogens is 142 g/mol. The largest absolute Gasteiger partial charge is 0.330 e. The van der Waals surface area contributed by atoms with Crippen molar-refractivity contribution in [2.45, 2.75) is 13.3 Å². The van der Waals surface area contributed by atoms with E-state index in [1.165, 1.54) is 6.20 Å². The summed E-state index contributed by atoms with van der Waals surface area (Å²) in [6.45, 7) is 2.21. The summed E-state index contributed by atoms with van der Waals surface area (Å²) in [6, 6.07) is 0. The number of nitrogens with one attached hydrogen (secondary N) is 1. The second-order valence-corrected chi connectivity index (χ2v) is 2.37. The lowest BCUT2D eigenvalue weighted by atomic mass is 10.1. The molecule has 0 saturated carbocycles. The Morgan fingerprint density at radius 3 is 3.00 bits per heavy atom. The zero-order chi connectivity index (χ0) is 8.27. The van der Waals surface area contributed by atoms with Crippen molar-refractivity contribution >= 4 is 5.78 Å². The van der Waals surface area contributed by atoms with Gasteiger partial charge in [-0.3, -0.25) is 9.89 Å². The van der Waals surface area contributed by atoms with Gasteiger partial charge in [0.05, 0.1) is 11.8 Å². The highest BCUT2D eigenvalue weighted by atomic mass is 16.1. The van der Waals surface area contributed by atoms with Crippen molar-refractivity contribution in [1.29, 1.82) is 0 Å². The van der Waals surface area contributed by atoms with Gasteiger partial charge in [-0.1, -0.05) is 0 Å². The van der Waals surface area contributed by atoms with E-state index in [-0.39, 0.29) is 5.78 Å². The molecule has 3 N–H and O–H groups in total. The van der Waals surface area contributed by atoms with Gasteiger partial charge >= 0.3 is 0 Å². The molecule has 0 fully saturated rings. The van der Waals surface area contributed by atoms with Crippen LogP contribution in [-0.2, 0) is 0 Å². The minimum atomic E-state index is 0.0544. The summed E-state index contributed by atoms with van der Waals surface area (Å²) in [5.74, 6) is 0.0544. The van der Waals surface area contributed by atoms with E-state index >= 15 is 0 Å². The molecule has 0 saturated heterocycles. The van der Waals surface area contributed by atoms with Crippen LogP contribution in [0.25, 0.3) is 0 Å². The maximum atomic E-state index is 11.2. The van der Waals surface area contributed by atoms with Crippen molar-refractivity contribution < 1.29 is 4.79 Å². The van der Waals surface area contributed by atoms with E-state index in [9.17, 15) is 4.79 Å². The van der Waals surface area contributed by atoms with Crippen LogP contribution in [0.2, 0.25) is 0 Å². The number of ketones is 1.